The molecule has 1 saturated carbocycles. The first-order valence-electron chi connectivity index (χ1n) is 9.55. The molecule has 0 bridgehead atoms. The molecule has 2 aliphatic rings. The molecule has 1 N–H and O–H groups in total. The van der Waals surface area contributed by atoms with Gasteiger partial charge in [0.15, 0.2) is 11.6 Å². The summed E-state index contributed by atoms with van der Waals surface area (Å²) in [5.41, 5.74) is 0.938. The van der Waals surface area contributed by atoms with Crippen LogP contribution in [0.5, 0.6) is 0 Å². The minimum atomic E-state index is 0.173. The van der Waals surface area contributed by atoms with E-state index in [1.54, 1.807) is 18.5 Å². The third-order valence-electron chi connectivity index (χ3n) is 5.61. The minimum absolute atomic E-state index is 0.173. The standard InChI is InChI=1S/C19H22N8/c1-2-15-18-24-22-12-26(18)16-11-21-19(25-9-7-13(20)8-10-25)23-17(16)27(15)14-5-3-4-6-14/h7-12,14-15,20H,2-6H2,1H3/t15-/m1/s1. The Morgan fingerprint density at radius 1 is 1.19 bits per heavy atom. The maximum absolute atomic E-state index is 7.69. The van der Waals surface area contributed by atoms with Crippen molar-refractivity contribution < 1.29 is 0 Å². The Morgan fingerprint density at radius 2 is 1.96 bits per heavy atom. The molecule has 138 valence electrons. The van der Waals surface area contributed by atoms with Gasteiger partial charge in [-0.05, 0) is 31.4 Å². The lowest BCUT2D eigenvalue weighted by Gasteiger charge is -2.40. The highest BCUT2D eigenvalue weighted by atomic mass is 15.4. The molecule has 4 heterocycles. The lowest BCUT2D eigenvalue weighted by atomic mass is 10.0. The van der Waals surface area contributed by atoms with Gasteiger partial charge in [-0.1, -0.05) is 19.8 Å². The Kier molecular flexibility index (Phi) is 3.77. The first-order chi connectivity index (χ1) is 13.3. The van der Waals surface area contributed by atoms with E-state index in [0.717, 1.165) is 23.8 Å². The summed E-state index contributed by atoms with van der Waals surface area (Å²) in [6.07, 6.45) is 13.1. The van der Waals surface area contributed by atoms with E-state index >= 15 is 0 Å². The van der Waals surface area contributed by atoms with Crippen LogP contribution in [0.1, 0.15) is 50.9 Å². The van der Waals surface area contributed by atoms with Crippen molar-refractivity contribution in [1.82, 2.24) is 29.3 Å². The Bertz CT molecular complexity index is 1010. The molecule has 1 aliphatic heterocycles. The number of hydrogen-bond donors (Lipinski definition) is 1. The molecule has 1 fully saturated rings. The second-order valence-electron chi connectivity index (χ2n) is 7.20. The number of rotatable bonds is 3. The van der Waals surface area contributed by atoms with Gasteiger partial charge in [0.1, 0.15) is 12.0 Å². The number of anilines is 1. The van der Waals surface area contributed by atoms with Crippen molar-refractivity contribution in [3.05, 3.63) is 48.2 Å². The fourth-order valence-electron chi connectivity index (χ4n) is 4.32. The smallest absolute Gasteiger partial charge is 0.235 e. The minimum Gasteiger partial charge on any atom is -0.341 e. The number of fused-ring (bicyclic) bond motifs is 3. The zero-order chi connectivity index (χ0) is 18.4. The fraction of sp³-hybridized carbons (Fsp3) is 0.421. The zero-order valence-corrected chi connectivity index (χ0v) is 15.3. The van der Waals surface area contributed by atoms with Crippen LogP contribution in [0.25, 0.3) is 11.6 Å². The first-order valence-corrected chi connectivity index (χ1v) is 9.55. The van der Waals surface area contributed by atoms with Crippen molar-refractivity contribution in [1.29, 1.82) is 5.41 Å². The summed E-state index contributed by atoms with van der Waals surface area (Å²) in [5, 5.41) is 16.7. The number of nitrogens with zero attached hydrogens (tertiary/aromatic N) is 7. The maximum atomic E-state index is 7.69. The van der Waals surface area contributed by atoms with Crippen LogP contribution in [0, 0.1) is 5.41 Å². The van der Waals surface area contributed by atoms with Crippen LogP contribution >= 0.6 is 0 Å². The molecule has 0 aromatic carbocycles. The molecule has 5 rings (SSSR count). The predicted molar refractivity (Wildman–Crippen MR) is 99.9 cm³/mol. The van der Waals surface area contributed by atoms with Crippen molar-refractivity contribution in [3.63, 3.8) is 0 Å². The highest BCUT2D eigenvalue weighted by molar-refractivity contribution is 5.62. The van der Waals surface area contributed by atoms with Gasteiger partial charge in [-0.15, -0.1) is 10.2 Å². The van der Waals surface area contributed by atoms with Crippen molar-refractivity contribution in [2.24, 2.45) is 0 Å². The lowest BCUT2D eigenvalue weighted by molar-refractivity contribution is 0.468. The topological polar surface area (TPSA) is 88.5 Å². The van der Waals surface area contributed by atoms with Crippen molar-refractivity contribution in [3.8, 4) is 11.6 Å². The van der Waals surface area contributed by atoms with E-state index in [1.807, 2.05) is 27.7 Å². The fourth-order valence-corrected chi connectivity index (χ4v) is 4.32. The van der Waals surface area contributed by atoms with Crippen LogP contribution in [-0.4, -0.2) is 35.3 Å². The molecular weight excluding hydrogens is 340 g/mol. The molecule has 3 aromatic heterocycles. The van der Waals surface area contributed by atoms with E-state index in [4.69, 9.17) is 10.4 Å². The summed E-state index contributed by atoms with van der Waals surface area (Å²) in [5.74, 6) is 2.54. The van der Waals surface area contributed by atoms with Crippen molar-refractivity contribution in [2.75, 3.05) is 4.90 Å². The van der Waals surface area contributed by atoms with Crippen molar-refractivity contribution >= 4 is 5.82 Å². The van der Waals surface area contributed by atoms with Crippen molar-refractivity contribution in [2.45, 2.75) is 51.1 Å². The molecule has 8 nitrogen and oxygen atoms in total. The molecule has 0 spiro atoms. The van der Waals surface area contributed by atoms with Crippen LogP contribution in [0.3, 0.4) is 0 Å². The van der Waals surface area contributed by atoms with Crippen LogP contribution in [0.4, 0.5) is 5.82 Å². The van der Waals surface area contributed by atoms with Crippen LogP contribution in [0.15, 0.2) is 37.1 Å². The molecule has 3 aromatic rings. The van der Waals surface area contributed by atoms with Gasteiger partial charge < -0.3 is 10.3 Å². The Hall–Kier alpha value is -3.03. The van der Waals surface area contributed by atoms with Gasteiger partial charge in [0.05, 0.1) is 17.6 Å². The molecule has 27 heavy (non-hydrogen) atoms. The third kappa shape index (κ3) is 2.55. The van der Waals surface area contributed by atoms with Gasteiger partial charge in [0.25, 0.3) is 0 Å². The Labute approximate surface area is 157 Å². The van der Waals surface area contributed by atoms with E-state index < -0.39 is 0 Å². The number of aromatic nitrogens is 6. The maximum Gasteiger partial charge on any atom is 0.235 e. The molecule has 0 unspecified atom stereocenters. The quantitative estimate of drug-likeness (QED) is 0.773. The number of nitrogens with one attached hydrogen (secondary N) is 1. The monoisotopic (exact) mass is 362 g/mol. The summed E-state index contributed by atoms with van der Waals surface area (Å²) in [7, 11) is 0. The molecule has 8 heteroatoms. The molecule has 0 saturated heterocycles. The van der Waals surface area contributed by atoms with E-state index in [0.29, 0.717) is 17.3 Å². The first kappa shape index (κ1) is 16.2. The highest BCUT2D eigenvalue weighted by Crippen LogP contribution is 2.42. The normalized spacial score (nSPS) is 19.1. The second-order valence-corrected chi connectivity index (χ2v) is 7.20. The predicted octanol–water partition coefficient (Wildman–Crippen LogP) is 2.54. The van der Waals surface area contributed by atoms with Crippen LogP contribution < -0.4 is 10.3 Å². The van der Waals surface area contributed by atoms with Gasteiger partial charge in [0.2, 0.25) is 5.95 Å². The van der Waals surface area contributed by atoms with Crippen LogP contribution in [-0.2, 0) is 0 Å². The van der Waals surface area contributed by atoms with Gasteiger partial charge in [0, 0.05) is 18.4 Å². The van der Waals surface area contributed by atoms with E-state index in [1.165, 1.54) is 25.7 Å². The molecular formula is C19H22N8. The molecule has 1 aliphatic carbocycles. The summed E-state index contributed by atoms with van der Waals surface area (Å²) < 4.78 is 3.88. The zero-order valence-electron chi connectivity index (χ0n) is 15.3. The van der Waals surface area contributed by atoms with E-state index in [-0.39, 0.29) is 6.04 Å². The Morgan fingerprint density at radius 3 is 2.70 bits per heavy atom. The summed E-state index contributed by atoms with van der Waals surface area (Å²) >= 11 is 0. The number of pyridine rings is 1. The number of hydrogen-bond acceptors (Lipinski definition) is 6. The van der Waals surface area contributed by atoms with E-state index in [2.05, 4.69) is 27.0 Å². The van der Waals surface area contributed by atoms with Gasteiger partial charge in [-0.2, -0.15) is 4.98 Å². The summed E-state index contributed by atoms with van der Waals surface area (Å²) in [4.78, 5) is 12.0. The molecule has 0 radical (unpaired) electrons. The molecule has 0 amide bonds. The second kappa shape index (κ2) is 6.29. The van der Waals surface area contributed by atoms with Crippen LogP contribution in [0.2, 0.25) is 0 Å². The summed E-state index contributed by atoms with van der Waals surface area (Å²) in [6, 6.07) is 4.13. The lowest BCUT2D eigenvalue weighted by Crippen LogP contribution is -2.42. The average molecular weight is 362 g/mol. The highest BCUT2D eigenvalue weighted by Gasteiger charge is 2.38. The van der Waals surface area contributed by atoms with Gasteiger partial charge in [-0.25, -0.2) is 4.98 Å². The SMILES string of the molecule is CC[C@@H]1c2nncn2-c2cnc(-n3ccc(=N)cc3)nc2N1C1CCCC1. The molecule has 1 atom stereocenters. The Balaban J connectivity index is 1.69. The van der Waals surface area contributed by atoms with Gasteiger partial charge in [-0.3, -0.25) is 9.13 Å². The third-order valence-corrected chi connectivity index (χ3v) is 5.61. The summed E-state index contributed by atoms with van der Waals surface area (Å²) in [6.45, 7) is 2.19. The average Bonchev–Trinajstić information content (AvgIpc) is 3.39. The van der Waals surface area contributed by atoms with E-state index in [9.17, 15) is 0 Å². The largest absolute Gasteiger partial charge is 0.341 e. The van der Waals surface area contributed by atoms with Gasteiger partial charge >= 0.3 is 0 Å².